The lowest BCUT2D eigenvalue weighted by Crippen LogP contribution is -2.11. The highest BCUT2D eigenvalue weighted by Gasteiger charge is 2.05. The quantitative estimate of drug-likeness (QED) is 0.515. The number of pyridine rings is 1. The smallest absolute Gasteiger partial charge is 0.248 e. The van der Waals surface area contributed by atoms with Crippen LogP contribution in [0, 0.1) is 0 Å². The number of hydrogen-bond donors (Lipinski definition) is 1. The SMILES string of the molecule is CCCCSc1cc(C(N)=O)cc(Br)n1. The maximum atomic E-state index is 11.0. The zero-order valence-electron chi connectivity index (χ0n) is 8.50. The molecule has 82 valence electrons. The third kappa shape index (κ3) is 4.22. The highest BCUT2D eigenvalue weighted by Crippen LogP contribution is 2.21. The Morgan fingerprint density at radius 2 is 2.33 bits per heavy atom. The molecule has 1 aromatic rings. The van der Waals surface area contributed by atoms with E-state index in [9.17, 15) is 4.79 Å². The van der Waals surface area contributed by atoms with Crippen LogP contribution >= 0.6 is 27.7 Å². The maximum absolute atomic E-state index is 11.0. The molecule has 0 atom stereocenters. The van der Waals surface area contributed by atoms with Crippen molar-refractivity contribution in [3.63, 3.8) is 0 Å². The average molecular weight is 289 g/mol. The Morgan fingerprint density at radius 1 is 1.60 bits per heavy atom. The molecular weight excluding hydrogens is 276 g/mol. The van der Waals surface area contributed by atoms with Gasteiger partial charge in [0.25, 0.3) is 0 Å². The Labute approximate surface area is 102 Å². The predicted molar refractivity (Wildman–Crippen MR) is 66.1 cm³/mol. The fraction of sp³-hybridized carbons (Fsp3) is 0.400. The first kappa shape index (κ1) is 12.5. The number of nitrogens with zero attached hydrogens (tertiary/aromatic N) is 1. The summed E-state index contributed by atoms with van der Waals surface area (Å²) in [5.41, 5.74) is 5.71. The second kappa shape index (κ2) is 6.12. The summed E-state index contributed by atoms with van der Waals surface area (Å²) in [6.45, 7) is 2.14. The molecule has 0 saturated heterocycles. The summed E-state index contributed by atoms with van der Waals surface area (Å²) in [6.07, 6.45) is 2.30. The first-order valence-electron chi connectivity index (χ1n) is 4.73. The molecule has 0 aliphatic heterocycles. The molecule has 1 amide bonds. The van der Waals surface area contributed by atoms with Crippen LogP contribution in [0.15, 0.2) is 21.8 Å². The predicted octanol–water partition coefficient (Wildman–Crippen LogP) is 2.84. The second-order valence-corrected chi connectivity index (χ2v) is 5.01. The van der Waals surface area contributed by atoms with E-state index in [1.54, 1.807) is 23.9 Å². The minimum atomic E-state index is -0.421. The monoisotopic (exact) mass is 288 g/mol. The molecule has 0 bridgehead atoms. The summed E-state index contributed by atoms with van der Waals surface area (Å²) >= 11 is 4.90. The number of halogens is 1. The van der Waals surface area contributed by atoms with Crippen molar-refractivity contribution in [1.29, 1.82) is 0 Å². The van der Waals surface area contributed by atoms with E-state index in [0.29, 0.717) is 10.2 Å². The number of carbonyl (C=O) groups excluding carboxylic acids is 1. The number of unbranched alkanes of at least 4 members (excludes halogenated alkanes) is 1. The van der Waals surface area contributed by atoms with Crippen molar-refractivity contribution in [1.82, 2.24) is 4.98 Å². The summed E-state index contributed by atoms with van der Waals surface area (Å²) in [5.74, 6) is 0.591. The van der Waals surface area contributed by atoms with Gasteiger partial charge in [0.2, 0.25) is 5.91 Å². The Bertz CT molecular complexity index is 357. The zero-order valence-corrected chi connectivity index (χ0v) is 10.9. The second-order valence-electron chi connectivity index (χ2n) is 3.08. The number of hydrogen-bond acceptors (Lipinski definition) is 3. The summed E-state index contributed by atoms with van der Waals surface area (Å²) in [7, 11) is 0. The van der Waals surface area contributed by atoms with E-state index >= 15 is 0 Å². The van der Waals surface area contributed by atoms with Crippen molar-refractivity contribution in [3.05, 3.63) is 22.3 Å². The maximum Gasteiger partial charge on any atom is 0.248 e. The molecule has 0 aliphatic carbocycles. The number of aromatic nitrogens is 1. The molecule has 0 fully saturated rings. The fourth-order valence-electron chi connectivity index (χ4n) is 1.01. The van der Waals surface area contributed by atoms with Crippen LogP contribution in [0.25, 0.3) is 0 Å². The zero-order chi connectivity index (χ0) is 11.3. The first-order valence-corrected chi connectivity index (χ1v) is 6.51. The van der Waals surface area contributed by atoms with E-state index in [1.165, 1.54) is 0 Å². The number of rotatable bonds is 5. The van der Waals surface area contributed by atoms with Gasteiger partial charge in [-0.15, -0.1) is 11.8 Å². The summed E-state index contributed by atoms with van der Waals surface area (Å²) < 4.78 is 0.651. The third-order valence-electron chi connectivity index (χ3n) is 1.80. The molecule has 5 heteroatoms. The molecule has 0 spiro atoms. The lowest BCUT2D eigenvalue weighted by Gasteiger charge is -2.02. The van der Waals surface area contributed by atoms with Gasteiger partial charge in [0.1, 0.15) is 4.60 Å². The molecule has 1 aromatic heterocycles. The van der Waals surface area contributed by atoms with Crippen molar-refractivity contribution in [2.75, 3.05) is 5.75 Å². The molecule has 0 radical (unpaired) electrons. The lowest BCUT2D eigenvalue weighted by molar-refractivity contribution is 0.1000. The van der Waals surface area contributed by atoms with Crippen molar-refractivity contribution in [3.8, 4) is 0 Å². The van der Waals surface area contributed by atoms with Gasteiger partial charge in [0, 0.05) is 5.56 Å². The first-order chi connectivity index (χ1) is 7.13. The normalized spacial score (nSPS) is 10.3. The molecule has 0 saturated carbocycles. The number of amides is 1. The molecule has 0 aromatic carbocycles. The number of primary amides is 1. The van der Waals surface area contributed by atoms with Crippen molar-refractivity contribution in [2.24, 2.45) is 5.73 Å². The summed E-state index contributed by atoms with van der Waals surface area (Å²) in [5, 5.41) is 0.839. The third-order valence-corrected chi connectivity index (χ3v) is 3.21. The van der Waals surface area contributed by atoms with Gasteiger partial charge >= 0.3 is 0 Å². The molecule has 3 nitrogen and oxygen atoms in total. The van der Waals surface area contributed by atoms with Crippen molar-refractivity contribution >= 4 is 33.6 Å². The molecule has 0 aliphatic rings. The van der Waals surface area contributed by atoms with Crippen LogP contribution in [0.3, 0.4) is 0 Å². The van der Waals surface area contributed by atoms with Gasteiger partial charge in [0.05, 0.1) is 5.03 Å². The number of carbonyl (C=O) groups is 1. The van der Waals surface area contributed by atoms with Crippen LogP contribution in [0.5, 0.6) is 0 Å². The highest BCUT2D eigenvalue weighted by atomic mass is 79.9. The largest absolute Gasteiger partial charge is 0.366 e. The molecule has 0 unspecified atom stereocenters. The van der Waals surface area contributed by atoms with Crippen LogP contribution in [0.4, 0.5) is 0 Å². The van der Waals surface area contributed by atoms with Crippen LogP contribution in [-0.2, 0) is 0 Å². The van der Waals surface area contributed by atoms with E-state index in [2.05, 4.69) is 27.8 Å². The van der Waals surface area contributed by atoms with Crippen LogP contribution < -0.4 is 5.73 Å². The Hall–Kier alpha value is -0.550. The Balaban J connectivity index is 2.75. The van der Waals surface area contributed by atoms with Gasteiger partial charge in [-0.3, -0.25) is 4.79 Å². The summed E-state index contributed by atoms with van der Waals surface area (Å²) in [4.78, 5) is 15.3. The summed E-state index contributed by atoms with van der Waals surface area (Å²) in [6, 6.07) is 3.36. The number of thioether (sulfide) groups is 1. The minimum absolute atomic E-state index is 0.421. The van der Waals surface area contributed by atoms with E-state index in [0.717, 1.165) is 23.6 Å². The molecule has 15 heavy (non-hydrogen) atoms. The van der Waals surface area contributed by atoms with Crippen molar-refractivity contribution in [2.45, 2.75) is 24.8 Å². The fourth-order valence-corrected chi connectivity index (χ4v) is 2.58. The Morgan fingerprint density at radius 3 is 2.93 bits per heavy atom. The Kier molecular flexibility index (Phi) is 5.11. The van der Waals surface area contributed by atoms with Gasteiger partial charge in [-0.1, -0.05) is 13.3 Å². The van der Waals surface area contributed by atoms with Gasteiger partial charge < -0.3 is 5.73 Å². The van der Waals surface area contributed by atoms with Crippen molar-refractivity contribution < 1.29 is 4.79 Å². The van der Waals surface area contributed by atoms with Crippen LogP contribution in [0.2, 0.25) is 0 Å². The molecule has 1 rings (SSSR count). The van der Waals surface area contributed by atoms with Gasteiger partial charge in [-0.2, -0.15) is 0 Å². The minimum Gasteiger partial charge on any atom is -0.366 e. The highest BCUT2D eigenvalue weighted by molar-refractivity contribution is 9.10. The molecule has 2 N–H and O–H groups in total. The molecule has 1 heterocycles. The van der Waals surface area contributed by atoms with E-state index < -0.39 is 5.91 Å². The van der Waals surface area contributed by atoms with Gasteiger partial charge in [-0.05, 0) is 40.2 Å². The lowest BCUT2D eigenvalue weighted by atomic mass is 10.3. The standard InChI is InChI=1S/C10H13BrN2OS/c1-2-3-4-15-9-6-7(10(12)14)5-8(11)13-9/h5-6H,2-4H2,1H3,(H2,12,14). The molecular formula is C10H13BrN2OS. The number of nitrogens with two attached hydrogens (primary N) is 1. The average Bonchev–Trinajstić information content (AvgIpc) is 2.17. The van der Waals surface area contributed by atoms with E-state index in [1.807, 2.05) is 0 Å². The van der Waals surface area contributed by atoms with E-state index in [-0.39, 0.29) is 0 Å². The van der Waals surface area contributed by atoms with Crippen LogP contribution in [-0.4, -0.2) is 16.6 Å². The van der Waals surface area contributed by atoms with Gasteiger partial charge in [0.15, 0.2) is 0 Å². The topological polar surface area (TPSA) is 56.0 Å². The van der Waals surface area contributed by atoms with Crippen LogP contribution in [0.1, 0.15) is 30.1 Å². The van der Waals surface area contributed by atoms with E-state index in [4.69, 9.17) is 5.73 Å². The van der Waals surface area contributed by atoms with Gasteiger partial charge in [-0.25, -0.2) is 4.98 Å².